The van der Waals surface area contributed by atoms with Crippen molar-refractivity contribution in [2.75, 3.05) is 14.2 Å². The Balaban J connectivity index is 2.56. The van der Waals surface area contributed by atoms with Crippen LogP contribution < -0.4 is 5.32 Å². The second kappa shape index (κ2) is 5.34. The summed E-state index contributed by atoms with van der Waals surface area (Å²) >= 11 is 0. The molecule has 1 heterocycles. The van der Waals surface area contributed by atoms with Crippen LogP contribution in [0.1, 0.15) is 13.3 Å². The molecule has 1 atom stereocenters. The van der Waals surface area contributed by atoms with Crippen molar-refractivity contribution < 1.29 is 14.3 Å². The summed E-state index contributed by atoms with van der Waals surface area (Å²) in [7, 11) is 3.13. The minimum atomic E-state index is -0.630. The summed E-state index contributed by atoms with van der Waals surface area (Å²) in [6.45, 7) is 1.59. The van der Waals surface area contributed by atoms with E-state index in [0.29, 0.717) is 12.0 Å². The topological polar surface area (TPSA) is 58.6 Å². The number of hydrogen-bond acceptors (Lipinski definition) is 4. The van der Waals surface area contributed by atoms with Crippen molar-refractivity contribution in [1.29, 1.82) is 0 Å². The van der Waals surface area contributed by atoms with Crippen LogP contribution in [0, 0.1) is 0 Å². The van der Waals surface area contributed by atoms with Gasteiger partial charge in [0.1, 0.15) is 6.04 Å². The number of rotatable bonds is 3. The van der Waals surface area contributed by atoms with Crippen LogP contribution in [0.4, 0.5) is 0 Å². The maximum Gasteiger partial charge on any atom is 0.328 e. The lowest BCUT2D eigenvalue weighted by atomic mass is 10.1. The first kappa shape index (κ1) is 12.3. The number of ether oxygens (including phenoxy) is 1. The zero-order valence-corrected chi connectivity index (χ0v) is 9.69. The fraction of sp³-hybridized carbons (Fsp3) is 0.455. The summed E-state index contributed by atoms with van der Waals surface area (Å²) in [4.78, 5) is 24.6. The molecule has 0 bridgehead atoms. The third-order valence-electron chi connectivity index (χ3n) is 2.23. The highest BCUT2D eigenvalue weighted by atomic mass is 16.5. The maximum absolute atomic E-state index is 11.7. The fourth-order valence-electron chi connectivity index (χ4n) is 1.36. The first-order valence-electron chi connectivity index (χ1n) is 5.02. The molecule has 1 aliphatic rings. The monoisotopic (exact) mass is 224 g/mol. The molecule has 1 amide bonds. The third-order valence-corrected chi connectivity index (χ3v) is 2.23. The van der Waals surface area contributed by atoms with E-state index in [1.807, 2.05) is 19.3 Å². The second-order valence-electron chi connectivity index (χ2n) is 3.63. The van der Waals surface area contributed by atoms with Gasteiger partial charge in [-0.25, -0.2) is 4.79 Å². The molecule has 5 nitrogen and oxygen atoms in total. The number of nitrogens with zero attached hydrogens (tertiary/aromatic N) is 1. The van der Waals surface area contributed by atoms with Gasteiger partial charge < -0.3 is 15.0 Å². The van der Waals surface area contributed by atoms with Crippen molar-refractivity contribution in [1.82, 2.24) is 10.2 Å². The van der Waals surface area contributed by atoms with Gasteiger partial charge in [-0.2, -0.15) is 0 Å². The van der Waals surface area contributed by atoms with Crippen molar-refractivity contribution in [3.8, 4) is 0 Å². The number of methoxy groups -OCH3 is 1. The summed E-state index contributed by atoms with van der Waals surface area (Å²) in [5.41, 5.74) is 0.626. The molecule has 0 unspecified atom stereocenters. The van der Waals surface area contributed by atoms with Crippen LogP contribution in [0.5, 0.6) is 0 Å². The normalized spacial score (nSPS) is 16.4. The molecule has 5 heteroatoms. The molecule has 0 radical (unpaired) electrons. The summed E-state index contributed by atoms with van der Waals surface area (Å²) in [6.07, 6.45) is 6.07. The molecule has 0 aliphatic carbocycles. The van der Waals surface area contributed by atoms with Crippen LogP contribution >= 0.6 is 0 Å². The van der Waals surface area contributed by atoms with Crippen molar-refractivity contribution in [2.45, 2.75) is 19.4 Å². The Morgan fingerprint density at radius 3 is 2.81 bits per heavy atom. The lowest BCUT2D eigenvalue weighted by Crippen LogP contribution is -2.40. The minimum Gasteiger partial charge on any atom is -0.467 e. The molecule has 88 valence electrons. The van der Waals surface area contributed by atoms with Gasteiger partial charge >= 0.3 is 5.97 Å². The molecule has 1 N–H and O–H groups in total. The first-order valence-corrected chi connectivity index (χ1v) is 5.02. The average molecular weight is 224 g/mol. The summed E-state index contributed by atoms with van der Waals surface area (Å²) < 4.78 is 4.52. The summed E-state index contributed by atoms with van der Waals surface area (Å²) in [5.74, 6) is -0.692. The molecule has 16 heavy (non-hydrogen) atoms. The fourth-order valence-corrected chi connectivity index (χ4v) is 1.36. The maximum atomic E-state index is 11.7. The smallest absolute Gasteiger partial charge is 0.328 e. The summed E-state index contributed by atoms with van der Waals surface area (Å²) in [6, 6.07) is -0.630. The Hall–Kier alpha value is -1.78. The van der Waals surface area contributed by atoms with Gasteiger partial charge in [0.15, 0.2) is 0 Å². The van der Waals surface area contributed by atoms with Gasteiger partial charge in [-0.15, -0.1) is 0 Å². The number of nitrogens with one attached hydrogen (secondary N) is 1. The SMILES string of the molecule is COC(=O)[C@H](C)NC(=O)C1=CN(C)C=CC1. The van der Waals surface area contributed by atoms with Gasteiger partial charge in [0.25, 0.3) is 0 Å². The Bertz CT molecular complexity index is 347. The second-order valence-corrected chi connectivity index (χ2v) is 3.63. The number of esters is 1. The largest absolute Gasteiger partial charge is 0.467 e. The molecule has 0 fully saturated rings. The van der Waals surface area contributed by atoms with Crippen LogP contribution in [-0.4, -0.2) is 37.0 Å². The van der Waals surface area contributed by atoms with E-state index < -0.39 is 12.0 Å². The Morgan fingerprint density at radius 1 is 1.56 bits per heavy atom. The molecule has 1 aliphatic heterocycles. The third kappa shape index (κ3) is 3.12. The first-order chi connectivity index (χ1) is 7.54. The van der Waals surface area contributed by atoms with E-state index in [-0.39, 0.29) is 5.91 Å². The number of amides is 1. The van der Waals surface area contributed by atoms with Crippen LogP contribution in [0.25, 0.3) is 0 Å². The molecule has 0 saturated carbocycles. The van der Waals surface area contributed by atoms with Gasteiger partial charge in [-0.3, -0.25) is 4.79 Å². The van der Waals surface area contributed by atoms with Crippen molar-refractivity contribution in [3.05, 3.63) is 24.0 Å². The highest BCUT2D eigenvalue weighted by molar-refractivity contribution is 5.96. The molecule has 0 saturated heterocycles. The van der Waals surface area contributed by atoms with Gasteiger partial charge in [0, 0.05) is 18.8 Å². The predicted octanol–water partition coefficient (Wildman–Crippen LogP) is 0.397. The highest BCUT2D eigenvalue weighted by Gasteiger charge is 2.18. The van der Waals surface area contributed by atoms with Gasteiger partial charge in [0.05, 0.1) is 7.11 Å². The molecule has 0 aromatic rings. The van der Waals surface area contributed by atoms with E-state index in [9.17, 15) is 9.59 Å². The van der Waals surface area contributed by atoms with Crippen LogP contribution in [0.2, 0.25) is 0 Å². The standard InChI is InChI=1S/C11H16N2O3/c1-8(11(15)16-3)12-10(14)9-5-4-6-13(2)7-9/h4,6-8H,5H2,1-3H3,(H,12,14)/t8-/m0/s1. The van der Waals surface area contributed by atoms with Gasteiger partial charge in [0.2, 0.25) is 5.91 Å². The highest BCUT2D eigenvalue weighted by Crippen LogP contribution is 2.10. The van der Waals surface area contributed by atoms with E-state index in [1.165, 1.54) is 7.11 Å². The molecule has 0 spiro atoms. The number of carbonyl (C=O) groups is 2. The van der Waals surface area contributed by atoms with E-state index in [2.05, 4.69) is 10.1 Å². The minimum absolute atomic E-state index is 0.242. The average Bonchev–Trinajstić information content (AvgIpc) is 2.27. The molecule has 1 rings (SSSR count). The van der Waals surface area contributed by atoms with E-state index in [1.54, 1.807) is 18.0 Å². The quantitative estimate of drug-likeness (QED) is 0.705. The van der Waals surface area contributed by atoms with Crippen LogP contribution in [0.15, 0.2) is 24.0 Å². The Kier molecular flexibility index (Phi) is 4.10. The van der Waals surface area contributed by atoms with Crippen molar-refractivity contribution in [3.63, 3.8) is 0 Å². The Morgan fingerprint density at radius 2 is 2.25 bits per heavy atom. The van der Waals surface area contributed by atoms with Crippen LogP contribution in [-0.2, 0) is 14.3 Å². The lowest BCUT2D eigenvalue weighted by Gasteiger charge is -2.18. The number of allylic oxidation sites excluding steroid dienone is 1. The molecule has 0 aromatic heterocycles. The summed E-state index contributed by atoms with van der Waals surface area (Å²) in [5, 5.41) is 2.58. The lowest BCUT2D eigenvalue weighted by molar-refractivity contribution is -0.144. The zero-order valence-electron chi connectivity index (χ0n) is 9.69. The van der Waals surface area contributed by atoms with Crippen molar-refractivity contribution >= 4 is 11.9 Å². The van der Waals surface area contributed by atoms with E-state index >= 15 is 0 Å². The molecular formula is C11H16N2O3. The van der Waals surface area contributed by atoms with Crippen molar-refractivity contribution in [2.24, 2.45) is 0 Å². The number of hydrogen-bond donors (Lipinski definition) is 1. The molecule has 0 aromatic carbocycles. The van der Waals surface area contributed by atoms with Gasteiger partial charge in [-0.1, -0.05) is 6.08 Å². The molecular weight excluding hydrogens is 208 g/mol. The predicted molar refractivity (Wildman–Crippen MR) is 59.2 cm³/mol. The van der Waals surface area contributed by atoms with Crippen LogP contribution in [0.3, 0.4) is 0 Å². The zero-order chi connectivity index (χ0) is 12.1. The number of carbonyl (C=O) groups excluding carboxylic acids is 2. The Labute approximate surface area is 94.7 Å². The van der Waals surface area contributed by atoms with Gasteiger partial charge in [-0.05, 0) is 19.5 Å². The van der Waals surface area contributed by atoms with E-state index in [4.69, 9.17) is 0 Å². The van der Waals surface area contributed by atoms with E-state index in [0.717, 1.165) is 0 Å².